The molecule has 1 atom stereocenters. The van der Waals surface area contributed by atoms with Crippen LogP contribution in [0.15, 0.2) is 24.3 Å². The first-order chi connectivity index (χ1) is 11.5. The molecule has 2 rings (SSSR count). The minimum absolute atomic E-state index is 0. The van der Waals surface area contributed by atoms with Crippen molar-refractivity contribution in [2.24, 2.45) is 5.92 Å². The van der Waals surface area contributed by atoms with Crippen LogP contribution in [0.25, 0.3) is 0 Å². The lowest BCUT2D eigenvalue weighted by Gasteiger charge is -2.29. The number of amides is 3. The molecule has 3 amide bonds. The van der Waals surface area contributed by atoms with Gasteiger partial charge in [-0.05, 0) is 43.7 Å². The maximum atomic E-state index is 11.9. The number of methoxy groups -OCH3 is 1. The van der Waals surface area contributed by atoms with E-state index in [-0.39, 0.29) is 19.0 Å². The molecule has 25 heavy (non-hydrogen) atoms. The van der Waals surface area contributed by atoms with Gasteiger partial charge < -0.3 is 15.2 Å². The monoisotopic (exact) mass is 371 g/mol. The lowest BCUT2D eigenvalue weighted by Crippen LogP contribution is -2.46. The highest BCUT2D eigenvalue weighted by Crippen LogP contribution is 2.16. The van der Waals surface area contributed by atoms with Crippen LogP contribution in [-0.4, -0.2) is 54.7 Å². The van der Waals surface area contributed by atoms with Gasteiger partial charge in [0, 0.05) is 12.2 Å². The summed E-state index contributed by atoms with van der Waals surface area (Å²) < 4.78 is 5.02. The van der Waals surface area contributed by atoms with Crippen molar-refractivity contribution >= 4 is 36.0 Å². The fourth-order valence-electron chi connectivity index (χ4n) is 2.61. The molecule has 9 heteroatoms. The number of carbonyl (C=O) groups excluding carboxylic acids is 2. The molecule has 0 aliphatic carbocycles. The molecule has 1 saturated heterocycles. The maximum absolute atomic E-state index is 11.9. The van der Waals surface area contributed by atoms with E-state index in [2.05, 4.69) is 10.6 Å². The van der Waals surface area contributed by atoms with E-state index in [4.69, 9.17) is 9.84 Å². The van der Waals surface area contributed by atoms with Crippen LogP contribution in [0.3, 0.4) is 0 Å². The molecule has 0 radical (unpaired) electrons. The molecule has 0 spiro atoms. The molecule has 0 aromatic heterocycles. The third-order valence-electron chi connectivity index (χ3n) is 3.82. The molecular weight excluding hydrogens is 350 g/mol. The summed E-state index contributed by atoms with van der Waals surface area (Å²) in [5.41, 5.74) is 0.532. The topological polar surface area (TPSA) is 108 Å². The summed E-state index contributed by atoms with van der Waals surface area (Å²) in [7, 11) is 1.54. The Morgan fingerprint density at radius 2 is 1.96 bits per heavy atom. The number of carbonyl (C=O) groups is 3. The number of ether oxygens (including phenoxy) is 1. The van der Waals surface area contributed by atoms with Crippen LogP contribution >= 0.6 is 12.4 Å². The maximum Gasteiger partial charge on any atom is 0.325 e. The lowest BCUT2D eigenvalue weighted by atomic mass is 9.98. The minimum atomic E-state index is -0.850. The number of carboxylic acids is 1. The number of hydrogen-bond donors (Lipinski definition) is 3. The van der Waals surface area contributed by atoms with Gasteiger partial charge >= 0.3 is 12.0 Å². The number of urea groups is 1. The SMILES string of the molecule is COc1ccc(NC(=O)NC(=O)CN2CCCC(C(=O)O)C2)cc1.Cl. The molecule has 1 aliphatic rings. The number of rotatable bonds is 5. The normalized spacial score (nSPS) is 17.1. The fraction of sp³-hybridized carbons (Fsp3) is 0.438. The Hall–Kier alpha value is -2.32. The summed E-state index contributed by atoms with van der Waals surface area (Å²) in [6.45, 7) is 0.972. The molecule has 1 heterocycles. The first-order valence-electron chi connectivity index (χ1n) is 7.68. The summed E-state index contributed by atoms with van der Waals surface area (Å²) in [5.74, 6) is -1.11. The third kappa shape index (κ3) is 6.60. The average molecular weight is 372 g/mol. The number of halogens is 1. The zero-order valence-electron chi connectivity index (χ0n) is 13.9. The van der Waals surface area contributed by atoms with Gasteiger partial charge in [-0.25, -0.2) is 4.79 Å². The van der Waals surface area contributed by atoms with Crippen molar-refractivity contribution < 1.29 is 24.2 Å². The highest BCUT2D eigenvalue weighted by Gasteiger charge is 2.26. The van der Waals surface area contributed by atoms with E-state index in [1.165, 1.54) is 0 Å². The summed E-state index contributed by atoms with van der Waals surface area (Å²) >= 11 is 0. The van der Waals surface area contributed by atoms with Gasteiger partial charge in [0.05, 0.1) is 19.6 Å². The zero-order chi connectivity index (χ0) is 17.5. The number of nitrogens with one attached hydrogen (secondary N) is 2. The smallest absolute Gasteiger partial charge is 0.325 e. The number of piperidine rings is 1. The fourth-order valence-corrected chi connectivity index (χ4v) is 2.61. The van der Waals surface area contributed by atoms with Crippen LogP contribution in [0, 0.1) is 5.92 Å². The Balaban J connectivity index is 0.00000312. The first kappa shape index (κ1) is 20.7. The Labute approximate surface area is 151 Å². The third-order valence-corrected chi connectivity index (χ3v) is 3.82. The van der Waals surface area contributed by atoms with Gasteiger partial charge in [-0.1, -0.05) is 0 Å². The number of benzene rings is 1. The van der Waals surface area contributed by atoms with Gasteiger partial charge in [0.2, 0.25) is 5.91 Å². The van der Waals surface area contributed by atoms with Gasteiger partial charge in [0.15, 0.2) is 0 Å². The number of carboxylic acid groups (broad SMARTS) is 1. The van der Waals surface area contributed by atoms with Gasteiger partial charge in [0.25, 0.3) is 0 Å². The number of hydrogen-bond acceptors (Lipinski definition) is 5. The van der Waals surface area contributed by atoms with Crippen molar-refractivity contribution in [1.29, 1.82) is 0 Å². The second-order valence-corrected chi connectivity index (χ2v) is 5.64. The van der Waals surface area contributed by atoms with E-state index in [1.54, 1.807) is 36.3 Å². The molecule has 1 aromatic rings. The summed E-state index contributed by atoms with van der Waals surface area (Å²) in [6, 6.07) is 6.07. The van der Waals surface area contributed by atoms with Crippen molar-refractivity contribution in [3.63, 3.8) is 0 Å². The summed E-state index contributed by atoms with van der Waals surface area (Å²) in [6.07, 6.45) is 1.34. The zero-order valence-corrected chi connectivity index (χ0v) is 14.7. The van der Waals surface area contributed by atoms with Crippen LogP contribution in [0.2, 0.25) is 0 Å². The van der Waals surface area contributed by atoms with Crippen molar-refractivity contribution in [2.75, 3.05) is 32.1 Å². The molecule has 1 aromatic carbocycles. The molecule has 0 saturated carbocycles. The van der Waals surface area contributed by atoms with Crippen LogP contribution in [0.4, 0.5) is 10.5 Å². The van der Waals surface area contributed by atoms with E-state index in [9.17, 15) is 14.4 Å². The molecule has 3 N–H and O–H groups in total. The van der Waals surface area contributed by atoms with Crippen LogP contribution in [-0.2, 0) is 9.59 Å². The van der Waals surface area contributed by atoms with Crippen LogP contribution < -0.4 is 15.4 Å². The second-order valence-electron chi connectivity index (χ2n) is 5.64. The highest BCUT2D eigenvalue weighted by atomic mass is 35.5. The quantitative estimate of drug-likeness (QED) is 0.725. The van der Waals surface area contributed by atoms with E-state index in [1.807, 2.05) is 0 Å². The molecule has 0 bridgehead atoms. The number of nitrogens with zero attached hydrogens (tertiary/aromatic N) is 1. The van der Waals surface area contributed by atoms with Gasteiger partial charge in [-0.15, -0.1) is 12.4 Å². The predicted octanol–water partition coefficient (Wildman–Crippen LogP) is 1.56. The standard InChI is InChI=1S/C16H21N3O5.ClH/c1-24-13-6-4-12(5-7-13)17-16(23)18-14(20)10-19-8-2-3-11(9-19)15(21)22;/h4-7,11H,2-3,8-10H2,1H3,(H,21,22)(H2,17,18,20,23);1H. The summed E-state index contributed by atoms with van der Waals surface area (Å²) in [4.78, 5) is 36.5. The molecule has 138 valence electrons. The predicted molar refractivity (Wildman–Crippen MR) is 94.2 cm³/mol. The number of likely N-dealkylation sites (tertiary alicyclic amines) is 1. The van der Waals surface area contributed by atoms with Crippen LogP contribution in [0.5, 0.6) is 5.75 Å². The number of anilines is 1. The molecule has 1 aliphatic heterocycles. The van der Waals surface area contributed by atoms with E-state index in [0.29, 0.717) is 30.9 Å². The van der Waals surface area contributed by atoms with Crippen molar-refractivity contribution in [3.8, 4) is 5.75 Å². The Morgan fingerprint density at radius 3 is 2.56 bits per heavy atom. The van der Waals surface area contributed by atoms with Crippen LogP contribution in [0.1, 0.15) is 12.8 Å². The Morgan fingerprint density at radius 1 is 1.28 bits per heavy atom. The second kappa shape index (κ2) is 9.85. The molecular formula is C16H22ClN3O5. The lowest BCUT2D eigenvalue weighted by molar-refractivity contribution is -0.144. The summed E-state index contributed by atoms with van der Waals surface area (Å²) in [5, 5.41) is 13.8. The van der Waals surface area contributed by atoms with Gasteiger partial charge in [-0.2, -0.15) is 0 Å². The minimum Gasteiger partial charge on any atom is -0.497 e. The Kier molecular flexibility index (Phi) is 8.17. The molecule has 1 unspecified atom stereocenters. The largest absolute Gasteiger partial charge is 0.497 e. The molecule has 1 fully saturated rings. The van der Waals surface area contributed by atoms with E-state index >= 15 is 0 Å². The molecule has 8 nitrogen and oxygen atoms in total. The van der Waals surface area contributed by atoms with Crippen molar-refractivity contribution in [3.05, 3.63) is 24.3 Å². The highest BCUT2D eigenvalue weighted by molar-refractivity contribution is 6.01. The average Bonchev–Trinajstić information content (AvgIpc) is 2.55. The first-order valence-corrected chi connectivity index (χ1v) is 7.68. The van der Waals surface area contributed by atoms with E-state index in [0.717, 1.165) is 6.42 Å². The van der Waals surface area contributed by atoms with Crippen molar-refractivity contribution in [1.82, 2.24) is 10.2 Å². The van der Waals surface area contributed by atoms with Gasteiger partial charge in [0.1, 0.15) is 5.75 Å². The van der Waals surface area contributed by atoms with Crippen molar-refractivity contribution in [2.45, 2.75) is 12.8 Å². The number of imide groups is 1. The van der Waals surface area contributed by atoms with Gasteiger partial charge in [-0.3, -0.25) is 19.8 Å². The number of aliphatic carboxylic acids is 1. The Bertz CT molecular complexity index is 608. The van der Waals surface area contributed by atoms with E-state index < -0.39 is 23.8 Å².